The Hall–Kier alpha value is -2.48. The molecule has 0 aliphatic carbocycles. The monoisotopic (exact) mass is 282 g/mol. The molecule has 0 heterocycles. The Morgan fingerprint density at radius 2 is 2.10 bits per heavy atom. The molecule has 8 heteroatoms. The molecule has 0 aromatic heterocycles. The first kappa shape index (κ1) is 15.6. The van der Waals surface area contributed by atoms with E-state index in [1.165, 1.54) is 19.2 Å². The summed E-state index contributed by atoms with van der Waals surface area (Å²) < 4.78 is 9.41. The van der Waals surface area contributed by atoms with Gasteiger partial charge in [0.2, 0.25) is 0 Å². The van der Waals surface area contributed by atoms with E-state index in [1.807, 2.05) is 0 Å². The zero-order chi connectivity index (χ0) is 15.1. The van der Waals surface area contributed by atoms with Crippen LogP contribution in [-0.4, -0.2) is 37.1 Å². The Bertz CT molecular complexity index is 529. The Morgan fingerprint density at radius 1 is 1.40 bits per heavy atom. The molecule has 0 saturated carbocycles. The standard InChI is InChI=1S/C12H14N2O6/c1-3-20-12(16)8-4-5-10(14(17)18)9(6-8)13-11(15)7-19-2/h4-6H,3,7H2,1-2H3,(H,13,15). The maximum atomic E-state index is 11.6. The highest BCUT2D eigenvalue weighted by molar-refractivity contribution is 5.97. The molecule has 0 aliphatic rings. The number of nitro groups is 1. The second kappa shape index (κ2) is 7.19. The second-order valence-corrected chi connectivity index (χ2v) is 3.69. The summed E-state index contributed by atoms with van der Waals surface area (Å²) in [6.45, 7) is 1.58. The van der Waals surface area contributed by atoms with Gasteiger partial charge in [-0.3, -0.25) is 14.9 Å². The minimum absolute atomic E-state index is 0.0809. The van der Waals surface area contributed by atoms with Gasteiger partial charge in [0.25, 0.3) is 11.6 Å². The average molecular weight is 282 g/mol. The molecule has 1 amide bonds. The molecule has 8 nitrogen and oxygen atoms in total. The van der Waals surface area contributed by atoms with Gasteiger partial charge in [0, 0.05) is 13.2 Å². The minimum Gasteiger partial charge on any atom is -0.462 e. The van der Waals surface area contributed by atoms with Gasteiger partial charge >= 0.3 is 5.97 Å². The van der Waals surface area contributed by atoms with Crippen LogP contribution in [0, 0.1) is 10.1 Å². The van der Waals surface area contributed by atoms with Gasteiger partial charge in [-0.15, -0.1) is 0 Å². The summed E-state index contributed by atoms with van der Waals surface area (Å²) in [6, 6.07) is 3.60. The number of nitrogens with zero attached hydrogens (tertiary/aromatic N) is 1. The molecular weight excluding hydrogens is 268 g/mol. The van der Waals surface area contributed by atoms with Crippen LogP contribution in [-0.2, 0) is 14.3 Å². The molecule has 0 unspecified atom stereocenters. The summed E-state index contributed by atoms with van der Waals surface area (Å²) in [5, 5.41) is 13.2. The Balaban J connectivity index is 3.08. The average Bonchev–Trinajstić information content (AvgIpc) is 2.38. The van der Waals surface area contributed by atoms with Crippen molar-refractivity contribution in [2.75, 3.05) is 25.6 Å². The molecule has 0 fully saturated rings. The minimum atomic E-state index is -0.655. The maximum Gasteiger partial charge on any atom is 0.338 e. The van der Waals surface area contributed by atoms with Gasteiger partial charge in [0.15, 0.2) is 0 Å². The van der Waals surface area contributed by atoms with Gasteiger partial charge in [0.05, 0.1) is 17.1 Å². The van der Waals surface area contributed by atoms with Crippen molar-refractivity contribution in [3.05, 3.63) is 33.9 Å². The summed E-state index contributed by atoms with van der Waals surface area (Å²) in [4.78, 5) is 33.2. The number of benzene rings is 1. The normalized spacial score (nSPS) is 9.90. The summed E-state index contributed by atoms with van der Waals surface area (Å²) in [5.41, 5.74) is -0.282. The molecule has 1 rings (SSSR count). The van der Waals surface area contributed by atoms with Gasteiger partial charge in [-0.1, -0.05) is 0 Å². The van der Waals surface area contributed by atoms with Crippen LogP contribution in [0.2, 0.25) is 0 Å². The Labute approximate surface area is 114 Å². The van der Waals surface area contributed by atoms with Gasteiger partial charge in [-0.2, -0.15) is 0 Å². The lowest BCUT2D eigenvalue weighted by molar-refractivity contribution is -0.383. The molecule has 0 aliphatic heterocycles. The van der Waals surface area contributed by atoms with E-state index in [9.17, 15) is 19.7 Å². The van der Waals surface area contributed by atoms with Crippen molar-refractivity contribution in [2.24, 2.45) is 0 Å². The van der Waals surface area contributed by atoms with Crippen LogP contribution in [0.1, 0.15) is 17.3 Å². The van der Waals surface area contributed by atoms with E-state index >= 15 is 0 Å². The summed E-state index contributed by atoms with van der Waals surface area (Å²) in [6.07, 6.45) is 0. The highest BCUT2D eigenvalue weighted by Crippen LogP contribution is 2.25. The van der Waals surface area contributed by atoms with Crippen molar-refractivity contribution >= 4 is 23.3 Å². The number of hydrogen-bond acceptors (Lipinski definition) is 6. The second-order valence-electron chi connectivity index (χ2n) is 3.69. The predicted molar refractivity (Wildman–Crippen MR) is 69.6 cm³/mol. The van der Waals surface area contributed by atoms with Crippen LogP contribution in [0.25, 0.3) is 0 Å². The zero-order valence-corrected chi connectivity index (χ0v) is 11.0. The van der Waals surface area contributed by atoms with Gasteiger partial charge in [-0.25, -0.2) is 4.79 Å². The van der Waals surface area contributed by atoms with Crippen molar-refractivity contribution in [3.8, 4) is 0 Å². The van der Waals surface area contributed by atoms with Crippen molar-refractivity contribution in [2.45, 2.75) is 6.92 Å². The fourth-order valence-corrected chi connectivity index (χ4v) is 1.45. The number of carbonyl (C=O) groups is 2. The van der Waals surface area contributed by atoms with E-state index in [0.717, 1.165) is 6.07 Å². The van der Waals surface area contributed by atoms with Crippen LogP contribution >= 0.6 is 0 Å². The molecule has 20 heavy (non-hydrogen) atoms. The SMILES string of the molecule is CCOC(=O)c1ccc([N+](=O)[O-])c(NC(=O)COC)c1. The van der Waals surface area contributed by atoms with E-state index in [1.54, 1.807) is 6.92 Å². The lowest BCUT2D eigenvalue weighted by atomic mass is 10.1. The molecule has 0 atom stereocenters. The first-order chi connectivity index (χ1) is 9.49. The number of esters is 1. The fraction of sp³-hybridized carbons (Fsp3) is 0.333. The van der Waals surface area contributed by atoms with E-state index in [0.29, 0.717) is 0 Å². The van der Waals surface area contributed by atoms with E-state index < -0.39 is 16.8 Å². The third kappa shape index (κ3) is 4.02. The van der Waals surface area contributed by atoms with Crippen LogP contribution in [0.3, 0.4) is 0 Å². The molecule has 1 aromatic rings. The number of nitro benzene ring substituents is 1. The largest absolute Gasteiger partial charge is 0.462 e. The first-order valence-electron chi connectivity index (χ1n) is 5.74. The van der Waals surface area contributed by atoms with Crippen molar-refractivity contribution < 1.29 is 24.0 Å². The van der Waals surface area contributed by atoms with Crippen LogP contribution in [0.5, 0.6) is 0 Å². The van der Waals surface area contributed by atoms with Gasteiger partial charge in [-0.05, 0) is 19.1 Å². The smallest absolute Gasteiger partial charge is 0.338 e. The number of carbonyl (C=O) groups excluding carboxylic acids is 2. The highest BCUT2D eigenvalue weighted by atomic mass is 16.6. The van der Waals surface area contributed by atoms with E-state index in [4.69, 9.17) is 4.74 Å². The fourth-order valence-electron chi connectivity index (χ4n) is 1.45. The number of amides is 1. The molecule has 1 aromatic carbocycles. The number of hydrogen-bond donors (Lipinski definition) is 1. The third-order valence-electron chi connectivity index (χ3n) is 2.25. The number of methoxy groups -OCH3 is 1. The lowest BCUT2D eigenvalue weighted by Crippen LogP contribution is -2.18. The van der Waals surface area contributed by atoms with Gasteiger partial charge < -0.3 is 14.8 Å². The van der Waals surface area contributed by atoms with Crippen LogP contribution in [0.4, 0.5) is 11.4 Å². The number of nitrogens with one attached hydrogen (secondary N) is 1. The first-order valence-corrected chi connectivity index (χ1v) is 5.74. The topological polar surface area (TPSA) is 108 Å². The predicted octanol–water partition coefficient (Wildman–Crippen LogP) is 1.36. The molecule has 0 radical (unpaired) electrons. The highest BCUT2D eigenvalue weighted by Gasteiger charge is 2.19. The zero-order valence-electron chi connectivity index (χ0n) is 11.0. The number of ether oxygens (including phenoxy) is 2. The Kier molecular flexibility index (Phi) is 5.60. The maximum absolute atomic E-state index is 11.6. The Morgan fingerprint density at radius 3 is 2.65 bits per heavy atom. The van der Waals surface area contributed by atoms with Crippen LogP contribution in [0.15, 0.2) is 18.2 Å². The molecule has 108 valence electrons. The third-order valence-corrected chi connectivity index (χ3v) is 2.25. The molecule has 0 saturated heterocycles. The number of rotatable bonds is 6. The van der Waals surface area contributed by atoms with E-state index in [-0.39, 0.29) is 30.2 Å². The van der Waals surface area contributed by atoms with Crippen molar-refractivity contribution in [1.29, 1.82) is 0 Å². The van der Waals surface area contributed by atoms with Crippen LogP contribution < -0.4 is 5.32 Å². The number of anilines is 1. The van der Waals surface area contributed by atoms with E-state index in [2.05, 4.69) is 10.1 Å². The van der Waals surface area contributed by atoms with Crippen molar-refractivity contribution in [1.82, 2.24) is 0 Å². The molecule has 0 bridgehead atoms. The summed E-state index contributed by atoms with van der Waals surface area (Å²) in [7, 11) is 1.32. The van der Waals surface area contributed by atoms with Gasteiger partial charge in [0.1, 0.15) is 12.3 Å². The quantitative estimate of drug-likeness (QED) is 0.479. The summed E-state index contributed by atoms with van der Waals surface area (Å²) in [5.74, 6) is -1.18. The molecular formula is C12H14N2O6. The lowest BCUT2D eigenvalue weighted by Gasteiger charge is -2.07. The summed E-state index contributed by atoms with van der Waals surface area (Å²) >= 11 is 0. The molecule has 0 spiro atoms. The van der Waals surface area contributed by atoms with Crippen molar-refractivity contribution in [3.63, 3.8) is 0 Å². The molecule has 1 N–H and O–H groups in total.